The maximum Gasteiger partial charge on any atom is 0.314 e. The third kappa shape index (κ3) is 24.2. The van der Waals surface area contributed by atoms with Gasteiger partial charge < -0.3 is 16.0 Å². The van der Waals surface area contributed by atoms with Crippen molar-refractivity contribution in [2.45, 2.75) is 41.5 Å². The van der Waals surface area contributed by atoms with Crippen LogP contribution in [0.5, 0.6) is 0 Å². The molecule has 2 heterocycles. The van der Waals surface area contributed by atoms with Gasteiger partial charge in [-0.2, -0.15) is 0 Å². The molecule has 0 aromatic heterocycles. The highest BCUT2D eigenvalue weighted by Crippen LogP contribution is 2.07. The minimum Gasteiger partial charge on any atom is -0.339 e. The predicted molar refractivity (Wildman–Crippen MR) is 88.4 cm³/mol. The van der Waals surface area contributed by atoms with Crippen molar-refractivity contribution in [1.29, 1.82) is 0 Å². The van der Waals surface area contributed by atoms with Crippen LogP contribution in [0.25, 0.3) is 0 Å². The van der Waals surface area contributed by atoms with Gasteiger partial charge in [-0.25, -0.2) is 4.79 Å². The summed E-state index contributed by atoms with van der Waals surface area (Å²) in [6.45, 7) is 14.8. The predicted octanol–water partition coefficient (Wildman–Crippen LogP) is 2.59. The van der Waals surface area contributed by atoms with Gasteiger partial charge in [0.1, 0.15) is 0 Å². The number of thioether (sulfide) groups is 1. The zero-order valence-electron chi connectivity index (χ0n) is 13.9. The molecule has 0 aromatic carbocycles. The van der Waals surface area contributed by atoms with E-state index in [1.165, 1.54) is 0 Å². The van der Waals surface area contributed by atoms with Crippen molar-refractivity contribution >= 4 is 28.1 Å². The first-order chi connectivity index (χ1) is 9.65. The molecule has 2 fully saturated rings. The largest absolute Gasteiger partial charge is 0.339 e. The van der Waals surface area contributed by atoms with Crippen molar-refractivity contribution in [2.24, 2.45) is 11.8 Å². The van der Waals surface area contributed by atoms with E-state index >= 15 is 0 Å². The molecule has 0 atom stereocenters. The van der Waals surface area contributed by atoms with Crippen LogP contribution in [-0.4, -0.2) is 36.0 Å². The summed E-state index contributed by atoms with van der Waals surface area (Å²) in [5.41, 5.74) is 0. The van der Waals surface area contributed by atoms with E-state index in [1.54, 1.807) is 0 Å². The van der Waals surface area contributed by atoms with Crippen molar-refractivity contribution in [1.82, 2.24) is 16.0 Å². The van der Waals surface area contributed by atoms with E-state index in [0.717, 1.165) is 36.7 Å². The van der Waals surface area contributed by atoms with E-state index in [9.17, 15) is 14.4 Å². The second-order valence-corrected chi connectivity index (χ2v) is 6.79. The summed E-state index contributed by atoms with van der Waals surface area (Å²) in [6.07, 6.45) is 0. The quantitative estimate of drug-likeness (QED) is 0.640. The summed E-state index contributed by atoms with van der Waals surface area (Å²) >= 11 is 0.731. The fourth-order valence-electron chi connectivity index (χ4n) is 0.734. The third-order valence-corrected chi connectivity index (χ3v) is 1.98. The van der Waals surface area contributed by atoms with Crippen molar-refractivity contribution in [2.75, 3.05) is 19.6 Å². The molecular weight excluding hydrogens is 290 g/mol. The highest BCUT2D eigenvalue weighted by atomic mass is 32.2. The molecule has 2 saturated heterocycles. The monoisotopic (exact) mass is 319 g/mol. The molecule has 21 heavy (non-hydrogen) atoms. The standard InChI is InChI=1S/2C4H10.C3H6N2O.C3H3NO2S/c2*1-4(2)3;6-3-4-1-2-5-3;5-2-1-4-3(6)7-2/h2*4H,1-3H3;1-2H2,(H2,4,5,6);1H2,(H,4,6). The molecule has 3 N–H and O–H groups in total. The number of carbonyl (C=O) groups is 3. The van der Waals surface area contributed by atoms with E-state index < -0.39 is 0 Å². The zero-order valence-corrected chi connectivity index (χ0v) is 14.7. The van der Waals surface area contributed by atoms with E-state index in [2.05, 4.69) is 57.5 Å². The average molecular weight is 319 g/mol. The molecular formula is C14H29N3O3S. The molecule has 0 aromatic rings. The molecule has 2 aliphatic rings. The minimum absolute atomic E-state index is 0.0463. The first kappa shape index (κ1) is 22.0. The second-order valence-electron chi connectivity index (χ2n) is 5.76. The summed E-state index contributed by atoms with van der Waals surface area (Å²) in [7, 11) is 0. The van der Waals surface area contributed by atoms with Gasteiger partial charge in [-0.05, 0) is 11.8 Å². The third-order valence-electron chi connectivity index (χ3n) is 1.28. The Morgan fingerprint density at radius 1 is 0.810 bits per heavy atom. The van der Waals surface area contributed by atoms with Gasteiger partial charge in [0.2, 0.25) is 5.12 Å². The highest BCUT2D eigenvalue weighted by Gasteiger charge is 2.17. The van der Waals surface area contributed by atoms with Crippen LogP contribution >= 0.6 is 11.8 Å². The lowest BCUT2D eigenvalue weighted by Gasteiger charge is -1.80. The summed E-state index contributed by atoms with van der Waals surface area (Å²) in [5.74, 6) is 1.67. The van der Waals surface area contributed by atoms with Gasteiger partial charge in [-0.15, -0.1) is 0 Å². The van der Waals surface area contributed by atoms with Crippen LogP contribution < -0.4 is 16.0 Å². The van der Waals surface area contributed by atoms with E-state index in [-0.39, 0.29) is 22.9 Å². The number of urea groups is 1. The molecule has 0 radical (unpaired) electrons. The van der Waals surface area contributed by atoms with Crippen LogP contribution in [0.15, 0.2) is 0 Å². The van der Waals surface area contributed by atoms with Gasteiger partial charge in [-0.1, -0.05) is 41.5 Å². The average Bonchev–Trinajstić information content (AvgIpc) is 2.89. The highest BCUT2D eigenvalue weighted by molar-refractivity contribution is 8.26. The molecule has 7 heteroatoms. The van der Waals surface area contributed by atoms with Crippen LogP contribution in [0.2, 0.25) is 0 Å². The molecule has 0 bridgehead atoms. The molecule has 6 nitrogen and oxygen atoms in total. The maximum atomic E-state index is 10.1. The molecule has 2 aliphatic heterocycles. The van der Waals surface area contributed by atoms with Crippen LogP contribution in [0.3, 0.4) is 0 Å². The lowest BCUT2D eigenvalue weighted by molar-refractivity contribution is -0.109. The van der Waals surface area contributed by atoms with Crippen molar-refractivity contribution in [3.63, 3.8) is 0 Å². The molecule has 0 aliphatic carbocycles. The van der Waals surface area contributed by atoms with Crippen LogP contribution in [0.4, 0.5) is 9.59 Å². The Labute approximate surface area is 132 Å². The lowest BCUT2D eigenvalue weighted by atomic mass is 10.3. The lowest BCUT2D eigenvalue weighted by Crippen LogP contribution is -2.20. The fourth-order valence-corrected chi connectivity index (χ4v) is 1.23. The molecule has 3 amide bonds. The molecule has 0 unspecified atom stereocenters. The number of carbonyl (C=O) groups excluding carboxylic acids is 3. The fraction of sp³-hybridized carbons (Fsp3) is 0.786. The Hall–Kier alpha value is -1.24. The van der Waals surface area contributed by atoms with Crippen LogP contribution in [0.1, 0.15) is 41.5 Å². The van der Waals surface area contributed by atoms with Crippen molar-refractivity contribution in [3.05, 3.63) is 0 Å². The summed E-state index contributed by atoms with van der Waals surface area (Å²) in [6, 6.07) is -0.0463. The van der Waals surface area contributed by atoms with E-state index in [0.29, 0.717) is 0 Å². The smallest absolute Gasteiger partial charge is 0.314 e. The summed E-state index contributed by atoms with van der Waals surface area (Å²) in [5, 5.41) is 7.16. The Balaban J connectivity index is 0. The number of hydrogen-bond donors (Lipinski definition) is 3. The Morgan fingerprint density at radius 2 is 1.19 bits per heavy atom. The maximum absolute atomic E-state index is 10.1. The van der Waals surface area contributed by atoms with Crippen LogP contribution in [-0.2, 0) is 4.79 Å². The second kappa shape index (κ2) is 13.7. The number of amides is 3. The Bertz CT molecular complexity index is 287. The van der Waals surface area contributed by atoms with E-state index in [1.807, 2.05) is 0 Å². The van der Waals surface area contributed by atoms with Crippen molar-refractivity contribution < 1.29 is 14.4 Å². The Morgan fingerprint density at radius 3 is 1.29 bits per heavy atom. The number of rotatable bonds is 0. The van der Waals surface area contributed by atoms with Crippen molar-refractivity contribution in [3.8, 4) is 0 Å². The first-order valence-electron chi connectivity index (χ1n) is 7.15. The van der Waals surface area contributed by atoms with Gasteiger partial charge in [0.25, 0.3) is 5.24 Å². The first-order valence-corrected chi connectivity index (χ1v) is 7.97. The van der Waals surface area contributed by atoms with Gasteiger partial charge in [0.05, 0.1) is 6.54 Å². The SMILES string of the molecule is CC(C)C.CC(C)C.O=C1CNC(=O)S1.O=C1NCCN1. The summed E-state index contributed by atoms with van der Waals surface area (Å²) in [4.78, 5) is 30.2. The van der Waals surface area contributed by atoms with Gasteiger partial charge in [0, 0.05) is 24.9 Å². The van der Waals surface area contributed by atoms with E-state index in [4.69, 9.17) is 0 Å². The minimum atomic E-state index is -0.231. The van der Waals surface area contributed by atoms with Gasteiger partial charge >= 0.3 is 6.03 Å². The topological polar surface area (TPSA) is 87.3 Å². The van der Waals surface area contributed by atoms with Crippen LogP contribution in [0, 0.1) is 11.8 Å². The molecule has 124 valence electrons. The summed E-state index contributed by atoms with van der Waals surface area (Å²) < 4.78 is 0. The molecule has 2 rings (SSSR count). The number of nitrogens with one attached hydrogen (secondary N) is 3. The van der Waals surface area contributed by atoms with Gasteiger partial charge in [-0.3, -0.25) is 9.59 Å². The Kier molecular flexibility index (Phi) is 14.4. The zero-order chi connectivity index (χ0) is 16.8. The molecule has 0 spiro atoms. The van der Waals surface area contributed by atoms with Gasteiger partial charge in [0.15, 0.2) is 0 Å². The molecule has 0 saturated carbocycles. The normalized spacial score (nSPS) is 15.7. The number of hydrogen-bond acceptors (Lipinski definition) is 4.